The van der Waals surface area contributed by atoms with Crippen molar-refractivity contribution in [2.75, 3.05) is 14.7 Å². The average molecular weight is 1110 g/mol. The largest absolute Gasteiger partial charge is 0.455 e. The summed E-state index contributed by atoms with van der Waals surface area (Å²) in [5, 5.41) is -1.08. The number of furan rings is 1. The van der Waals surface area contributed by atoms with Gasteiger partial charge in [0, 0.05) is 66.9 Å². The van der Waals surface area contributed by atoms with E-state index in [0.29, 0.717) is 4.90 Å². The third kappa shape index (κ3) is 7.81. The first kappa shape index (κ1) is 27.6. The zero-order valence-electron chi connectivity index (χ0n) is 79.8. The summed E-state index contributed by atoms with van der Waals surface area (Å²) in [4.78, 5) is 2.72. The van der Waals surface area contributed by atoms with Crippen LogP contribution in [0.15, 0.2) is 198 Å². The molecule has 408 valence electrons. The summed E-state index contributed by atoms with van der Waals surface area (Å²) in [7, 11) is 0. The van der Waals surface area contributed by atoms with Crippen molar-refractivity contribution in [3.8, 4) is 16.8 Å². The predicted molar refractivity (Wildman–Crippen MR) is 355 cm³/mol. The number of hydrogen-bond donors (Lipinski definition) is 0. The van der Waals surface area contributed by atoms with Crippen molar-refractivity contribution >= 4 is 118 Å². The Morgan fingerprint density at radius 2 is 1.02 bits per heavy atom. The molecule has 0 saturated heterocycles. The summed E-state index contributed by atoms with van der Waals surface area (Å²) in [6, 6.07) is -26.3. The molecule has 5 nitrogen and oxygen atoms in total. The van der Waals surface area contributed by atoms with Crippen LogP contribution in [0.5, 0.6) is 0 Å². The minimum absolute atomic E-state index is 0.0135. The smallest absolute Gasteiger partial charge is 0.252 e. The monoisotopic (exact) mass is 1110 g/mol. The second-order valence-corrected chi connectivity index (χ2v) is 25.3. The zero-order valence-corrected chi connectivity index (χ0v) is 47.8. The number of hydrogen-bond acceptors (Lipinski definition) is 4. The van der Waals surface area contributed by atoms with Crippen molar-refractivity contribution < 1.29 is 48.3 Å². The molecule has 15 rings (SSSR count). The highest BCUT2D eigenvalue weighted by atomic mass is 16.3. The fourth-order valence-electron chi connectivity index (χ4n) is 11.1. The Labute approximate surface area is 534 Å². The van der Waals surface area contributed by atoms with E-state index >= 15 is 0 Å². The van der Waals surface area contributed by atoms with E-state index in [0.717, 1.165) is 4.90 Å². The van der Waals surface area contributed by atoms with Gasteiger partial charge in [-0.25, -0.2) is 0 Å². The van der Waals surface area contributed by atoms with Crippen molar-refractivity contribution in [1.82, 2.24) is 4.57 Å². The highest BCUT2D eigenvalue weighted by Gasteiger charge is 2.47. The van der Waals surface area contributed by atoms with Gasteiger partial charge in [0.25, 0.3) is 6.71 Å². The third-order valence-electron chi connectivity index (χ3n) is 15.4. The van der Waals surface area contributed by atoms with Crippen molar-refractivity contribution in [2.24, 2.45) is 0 Å². The van der Waals surface area contributed by atoms with Crippen LogP contribution in [0.25, 0.3) is 60.6 Å². The molecule has 3 aliphatic rings. The highest BCUT2D eigenvalue weighted by molar-refractivity contribution is 7.00. The first-order chi connectivity index (χ1) is 53.0. The van der Waals surface area contributed by atoms with Crippen LogP contribution in [0.2, 0.25) is 0 Å². The molecule has 3 aliphatic heterocycles. The average Bonchev–Trinajstić information content (AvgIpc) is 1.64. The molecule has 12 aromatic rings. The number of aromatic nitrogens is 1. The molecule has 0 unspecified atom stereocenters. The van der Waals surface area contributed by atoms with Crippen LogP contribution >= 0.6 is 0 Å². The quantitative estimate of drug-likeness (QED) is 0.161. The van der Waals surface area contributed by atoms with Crippen LogP contribution in [0.1, 0.15) is 155 Å². The Kier molecular flexibility index (Phi) is 5.86. The van der Waals surface area contributed by atoms with Crippen LogP contribution in [-0.4, -0.2) is 11.3 Å². The van der Waals surface area contributed by atoms with Gasteiger partial charge in [-0.15, -0.1) is 0 Å². The van der Waals surface area contributed by atoms with Crippen molar-refractivity contribution in [1.29, 1.82) is 0 Å². The maximum atomic E-state index is 11.2. The van der Waals surface area contributed by atoms with Crippen molar-refractivity contribution in [3.05, 3.63) is 221 Å². The molecule has 6 heteroatoms. The molecule has 0 N–H and O–H groups in total. The van der Waals surface area contributed by atoms with Crippen molar-refractivity contribution in [3.63, 3.8) is 0 Å². The lowest BCUT2D eigenvalue weighted by Crippen LogP contribution is -2.61. The van der Waals surface area contributed by atoms with Gasteiger partial charge in [-0.05, 0) is 175 Å². The fraction of sp³-hybridized carbons (Fsp3) is 0.221. The standard InChI is InChI=1S/C77H71BN4O/c1-46-40-66-70-67(41-46)82-68-44-51(77(11,12)13)43-60-59-42-50(76(8,9)10)30-39-63(59)81(71(60)68)64-22-17-21-62(72(64)82)78(70)61-38-37-55(79(52-33-26-48(27-34-52)74(2,3)4)53-35-28-49(29-36-53)75(5,6)7)45-65(61)80(66)54-31-24-47(25-32-54)56-19-16-20-58-57-18-14-15-23-69(57)83-73(56)58/h14-45H,1-13H3/i14D,15D,16D,17D,18D,19D,20D,21D,22D,23D,24D,25D,26D,27D,28D,29D,30D,31D,32D,33D,34D,35D,36D,37D,38D,39D,40D,41D,42D,43D,44D,45D. The van der Waals surface area contributed by atoms with E-state index in [2.05, 4.69) is 0 Å². The predicted octanol–water partition coefficient (Wildman–Crippen LogP) is 19.7. The summed E-state index contributed by atoms with van der Waals surface area (Å²) in [5.41, 5.74) is -16.5. The van der Waals surface area contributed by atoms with E-state index in [1.54, 1.807) is 83.1 Å². The first-order valence-electron chi connectivity index (χ1n) is 43.2. The third-order valence-corrected chi connectivity index (χ3v) is 15.4. The van der Waals surface area contributed by atoms with Gasteiger partial charge in [0.05, 0.1) is 72.0 Å². The minimum Gasteiger partial charge on any atom is -0.455 e. The number of benzene rings is 10. The highest BCUT2D eigenvalue weighted by Crippen LogP contribution is 2.54. The second-order valence-electron chi connectivity index (χ2n) is 25.3. The lowest BCUT2D eigenvalue weighted by Gasteiger charge is -2.46. The maximum absolute atomic E-state index is 11.2. The summed E-state index contributed by atoms with van der Waals surface area (Å²) >= 11 is 0. The van der Waals surface area contributed by atoms with Gasteiger partial charge in [-0.2, -0.15) is 0 Å². The Bertz CT molecular complexity index is 6490. The molecule has 83 heavy (non-hydrogen) atoms. The van der Waals surface area contributed by atoms with E-state index in [1.165, 1.54) is 16.4 Å². The van der Waals surface area contributed by atoms with Crippen LogP contribution in [0.4, 0.5) is 51.2 Å². The van der Waals surface area contributed by atoms with Gasteiger partial charge in [0.1, 0.15) is 11.2 Å². The molecular formula is C77H71BN4O. The van der Waals surface area contributed by atoms with E-state index in [1.807, 2.05) is 0 Å². The van der Waals surface area contributed by atoms with Gasteiger partial charge in [0.15, 0.2) is 0 Å². The van der Waals surface area contributed by atoms with Gasteiger partial charge in [-0.3, -0.25) is 0 Å². The molecule has 0 amide bonds. The molecule has 0 aliphatic carbocycles. The topological polar surface area (TPSA) is 27.8 Å². The number of fused-ring (bicyclic) bond motifs is 12. The van der Waals surface area contributed by atoms with Gasteiger partial charge >= 0.3 is 0 Å². The molecule has 0 spiro atoms. The maximum Gasteiger partial charge on any atom is 0.252 e. The van der Waals surface area contributed by atoms with Crippen molar-refractivity contribution in [2.45, 2.75) is 112 Å². The second kappa shape index (κ2) is 17.6. The molecule has 0 bridgehead atoms. The fourth-order valence-corrected chi connectivity index (χ4v) is 11.1. The van der Waals surface area contributed by atoms with E-state index in [-0.39, 0.29) is 78.8 Å². The van der Waals surface area contributed by atoms with Crippen LogP contribution in [0.3, 0.4) is 0 Å². The Balaban J connectivity index is 1.20. The SMILES string of the molecule is [2H]c1c([2H])c2c3c(c1[2H])-n1c4c([2H])c([2H])c(C(C)(C)C)c([2H])c4c4c([2H])c(C(C)(C)C)c([2H])c(c41)N3c1c([2H])c(C)c([2H])c3c1B2c1c([2H])c([2H])c(N(c2c([2H])c([2H])c(C(C)(C)C)c([2H])c2[2H])c2c([2H])c([2H])c(C(C)(C)C)c([2H])c2[2H])c([2H])c1N3c1c([2H])c([2H])c(-c2c([2H])c([2H])c([2H])c3c2oc2c([2H])c([2H])c([2H])c([2H])c23)c([2H])c1[2H]. The number of nitrogens with zero attached hydrogens (tertiary/aromatic N) is 4. The number of para-hydroxylation sites is 3. The van der Waals surface area contributed by atoms with E-state index < -0.39 is 299 Å². The van der Waals surface area contributed by atoms with Gasteiger partial charge in [0.2, 0.25) is 0 Å². The molecule has 5 heterocycles. The van der Waals surface area contributed by atoms with E-state index in [4.69, 9.17) is 11.3 Å². The van der Waals surface area contributed by atoms with Crippen LogP contribution in [0, 0.1) is 6.92 Å². The van der Waals surface area contributed by atoms with Crippen LogP contribution in [-0.2, 0) is 21.7 Å². The molecule has 0 radical (unpaired) electrons. The molecule has 2 aromatic heterocycles. The lowest BCUT2D eigenvalue weighted by molar-refractivity contribution is 0.590. The minimum atomic E-state index is -2.06. The lowest BCUT2D eigenvalue weighted by atomic mass is 9.33. The zero-order chi connectivity index (χ0) is 85.2. The molecule has 10 aromatic carbocycles. The Hall–Kier alpha value is -8.74. The molecule has 0 saturated carbocycles. The van der Waals surface area contributed by atoms with Gasteiger partial charge in [-0.1, -0.05) is 180 Å². The Morgan fingerprint density at radius 1 is 0.434 bits per heavy atom. The van der Waals surface area contributed by atoms with E-state index in [9.17, 15) is 37.0 Å². The molecular weight excluding hydrogens is 1010 g/mol. The number of rotatable bonds is 5. The molecule has 0 fully saturated rings. The summed E-state index contributed by atoms with van der Waals surface area (Å²) < 4.78 is 326. The number of anilines is 9. The summed E-state index contributed by atoms with van der Waals surface area (Å²) in [6.07, 6.45) is 0. The summed E-state index contributed by atoms with van der Waals surface area (Å²) in [6.45, 7) is 19.2. The summed E-state index contributed by atoms with van der Waals surface area (Å²) in [5.74, 6) is 0. The van der Waals surface area contributed by atoms with Gasteiger partial charge < -0.3 is 23.7 Å². The molecule has 0 atom stereocenters. The normalized spacial score (nSPS) is 19.2. The van der Waals surface area contributed by atoms with Crippen LogP contribution < -0.4 is 31.1 Å². The Morgan fingerprint density at radius 3 is 1.69 bits per heavy atom. The first-order valence-corrected chi connectivity index (χ1v) is 27.2.